The number of aromatic amines is 1. The van der Waals surface area contributed by atoms with E-state index in [9.17, 15) is 14.4 Å². The van der Waals surface area contributed by atoms with Gasteiger partial charge in [-0.25, -0.2) is 0 Å². The molecule has 24 heavy (non-hydrogen) atoms. The summed E-state index contributed by atoms with van der Waals surface area (Å²) < 4.78 is 1.40. The molecule has 7 heteroatoms. The Bertz CT molecular complexity index is 891. The molecule has 1 aromatic heterocycles. The number of carbonyl (C=O) groups excluding carboxylic acids is 1. The van der Waals surface area contributed by atoms with E-state index in [0.717, 1.165) is 25.7 Å². The molecule has 1 saturated carbocycles. The van der Waals surface area contributed by atoms with Gasteiger partial charge in [0.15, 0.2) is 0 Å². The SMILES string of the molecule is CCn1c(=O)c(=O)[nH]c2cc(C(=O)NC3(CN)CCCC3)ccc21. The first-order valence-corrected chi connectivity index (χ1v) is 8.29. The molecule has 0 aliphatic heterocycles. The fourth-order valence-corrected chi connectivity index (χ4v) is 3.48. The molecule has 1 aliphatic rings. The summed E-state index contributed by atoms with van der Waals surface area (Å²) in [4.78, 5) is 38.8. The average molecular weight is 330 g/mol. The highest BCUT2D eigenvalue weighted by molar-refractivity contribution is 5.97. The van der Waals surface area contributed by atoms with Crippen LogP contribution in [0.3, 0.4) is 0 Å². The van der Waals surface area contributed by atoms with E-state index < -0.39 is 11.1 Å². The molecule has 1 aliphatic carbocycles. The lowest BCUT2D eigenvalue weighted by Crippen LogP contribution is -2.51. The first-order valence-electron chi connectivity index (χ1n) is 8.29. The third-order valence-electron chi connectivity index (χ3n) is 4.88. The van der Waals surface area contributed by atoms with E-state index in [1.807, 2.05) is 0 Å². The first kappa shape index (κ1) is 16.4. The molecular formula is C17H22N4O3. The van der Waals surface area contributed by atoms with Crippen LogP contribution in [0.15, 0.2) is 27.8 Å². The zero-order valence-electron chi connectivity index (χ0n) is 13.7. The van der Waals surface area contributed by atoms with E-state index in [4.69, 9.17) is 5.73 Å². The Kier molecular flexibility index (Phi) is 4.28. The summed E-state index contributed by atoms with van der Waals surface area (Å²) in [7, 11) is 0. The minimum Gasteiger partial charge on any atom is -0.345 e. The second-order valence-corrected chi connectivity index (χ2v) is 6.38. The summed E-state index contributed by atoms with van der Waals surface area (Å²) in [6.45, 7) is 2.60. The second-order valence-electron chi connectivity index (χ2n) is 6.38. The van der Waals surface area contributed by atoms with Crippen molar-refractivity contribution in [3.8, 4) is 0 Å². The molecule has 3 rings (SSSR count). The van der Waals surface area contributed by atoms with Crippen molar-refractivity contribution in [3.63, 3.8) is 0 Å². The summed E-state index contributed by atoms with van der Waals surface area (Å²) in [6, 6.07) is 4.96. The average Bonchev–Trinajstić information content (AvgIpc) is 3.04. The van der Waals surface area contributed by atoms with E-state index in [0.29, 0.717) is 29.7 Å². The third-order valence-corrected chi connectivity index (χ3v) is 4.88. The van der Waals surface area contributed by atoms with Crippen LogP contribution in [0.4, 0.5) is 0 Å². The smallest absolute Gasteiger partial charge is 0.316 e. The number of hydrogen-bond donors (Lipinski definition) is 3. The van der Waals surface area contributed by atoms with Crippen molar-refractivity contribution in [1.29, 1.82) is 0 Å². The van der Waals surface area contributed by atoms with Gasteiger partial charge in [0.2, 0.25) is 0 Å². The van der Waals surface area contributed by atoms with Crippen LogP contribution in [0.1, 0.15) is 43.0 Å². The predicted molar refractivity (Wildman–Crippen MR) is 92.2 cm³/mol. The summed E-state index contributed by atoms with van der Waals surface area (Å²) in [6.07, 6.45) is 3.89. The molecule has 0 atom stereocenters. The minimum atomic E-state index is -0.684. The fourth-order valence-electron chi connectivity index (χ4n) is 3.48. The van der Waals surface area contributed by atoms with Crippen LogP contribution >= 0.6 is 0 Å². The molecule has 7 nitrogen and oxygen atoms in total. The van der Waals surface area contributed by atoms with Gasteiger partial charge in [-0.3, -0.25) is 14.4 Å². The van der Waals surface area contributed by atoms with Crippen molar-refractivity contribution in [3.05, 3.63) is 44.5 Å². The molecule has 4 N–H and O–H groups in total. The lowest BCUT2D eigenvalue weighted by molar-refractivity contribution is 0.0903. The van der Waals surface area contributed by atoms with Gasteiger partial charge in [0.05, 0.1) is 16.6 Å². The zero-order chi connectivity index (χ0) is 17.3. The summed E-state index contributed by atoms with van der Waals surface area (Å²) >= 11 is 0. The van der Waals surface area contributed by atoms with Gasteiger partial charge in [0.1, 0.15) is 0 Å². The number of carbonyl (C=O) groups is 1. The Hall–Kier alpha value is -2.41. The molecule has 128 valence electrons. The monoisotopic (exact) mass is 330 g/mol. The van der Waals surface area contributed by atoms with E-state index in [2.05, 4.69) is 10.3 Å². The number of aryl methyl sites for hydroxylation is 1. The van der Waals surface area contributed by atoms with Crippen LogP contribution in [-0.2, 0) is 6.54 Å². The quantitative estimate of drug-likeness (QED) is 0.717. The topological polar surface area (TPSA) is 110 Å². The van der Waals surface area contributed by atoms with E-state index >= 15 is 0 Å². The number of hydrogen-bond acceptors (Lipinski definition) is 4. The lowest BCUT2D eigenvalue weighted by atomic mass is 9.97. The predicted octanol–water partition coefficient (Wildman–Crippen LogP) is 0.711. The van der Waals surface area contributed by atoms with Gasteiger partial charge in [-0.15, -0.1) is 0 Å². The fraction of sp³-hybridized carbons (Fsp3) is 0.471. The number of nitrogens with two attached hydrogens (primary N) is 1. The minimum absolute atomic E-state index is 0.209. The van der Waals surface area contributed by atoms with E-state index in [-0.39, 0.29) is 11.4 Å². The summed E-state index contributed by atoms with van der Waals surface area (Å²) in [5.74, 6) is -0.209. The number of fused-ring (bicyclic) bond motifs is 1. The number of rotatable bonds is 4. The number of benzene rings is 1. The van der Waals surface area contributed by atoms with Crippen LogP contribution in [-0.4, -0.2) is 27.5 Å². The number of aromatic nitrogens is 2. The molecule has 0 radical (unpaired) electrons. The number of nitrogens with zero attached hydrogens (tertiary/aromatic N) is 1. The van der Waals surface area contributed by atoms with Crippen molar-refractivity contribution in [2.24, 2.45) is 5.73 Å². The van der Waals surface area contributed by atoms with Gasteiger partial charge in [0.25, 0.3) is 5.91 Å². The third kappa shape index (κ3) is 2.75. The Morgan fingerprint density at radius 3 is 2.67 bits per heavy atom. The highest BCUT2D eigenvalue weighted by Crippen LogP contribution is 2.29. The summed E-state index contributed by atoms with van der Waals surface area (Å²) in [5.41, 5.74) is 5.78. The molecule has 0 bridgehead atoms. The first-order chi connectivity index (χ1) is 11.5. The highest BCUT2D eigenvalue weighted by atomic mass is 16.2. The molecule has 0 spiro atoms. The van der Waals surface area contributed by atoms with E-state index in [1.54, 1.807) is 25.1 Å². The van der Waals surface area contributed by atoms with Crippen molar-refractivity contribution < 1.29 is 4.79 Å². The molecule has 0 unspecified atom stereocenters. The van der Waals surface area contributed by atoms with Gasteiger partial charge in [-0.2, -0.15) is 0 Å². The van der Waals surface area contributed by atoms with E-state index in [1.165, 1.54) is 4.57 Å². The van der Waals surface area contributed by atoms with Crippen molar-refractivity contribution in [1.82, 2.24) is 14.9 Å². The number of nitrogens with one attached hydrogen (secondary N) is 2. The van der Waals surface area contributed by atoms with Crippen molar-refractivity contribution >= 4 is 16.9 Å². The Labute approximate surface area is 138 Å². The number of H-pyrrole nitrogens is 1. The Morgan fingerprint density at radius 1 is 1.33 bits per heavy atom. The van der Waals surface area contributed by atoms with Crippen LogP contribution in [0.25, 0.3) is 11.0 Å². The lowest BCUT2D eigenvalue weighted by Gasteiger charge is -2.28. The van der Waals surface area contributed by atoms with Gasteiger partial charge < -0.3 is 20.6 Å². The second kappa shape index (κ2) is 6.24. The maximum atomic E-state index is 12.6. The van der Waals surface area contributed by atoms with Gasteiger partial charge >= 0.3 is 11.1 Å². The Balaban J connectivity index is 1.99. The van der Waals surface area contributed by atoms with Crippen LogP contribution in [0.5, 0.6) is 0 Å². The van der Waals surface area contributed by atoms with Gasteiger partial charge in [-0.05, 0) is 38.0 Å². The standard InChI is InChI=1S/C17H22N4O3/c1-2-21-13-6-5-11(9-12(13)19-15(23)16(21)24)14(22)20-17(10-18)7-3-4-8-17/h5-6,9H,2-4,7-8,10,18H2,1H3,(H,19,23)(H,20,22). The van der Waals surface area contributed by atoms with Crippen molar-refractivity contribution in [2.75, 3.05) is 6.54 Å². The maximum Gasteiger partial charge on any atom is 0.316 e. The van der Waals surface area contributed by atoms with Crippen molar-refractivity contribution in [2.45, 2.75) is 44.7 Å². The molecule has 2 aromatic rings. The van der Waals surface area contributed by atoms with Crippen LogP contribution in [0, 0.1) is 0 Å². The zero-order valence-corrected chi connectivity index (χ0v) is 13.7. The summed E-state index contributed by atoms with van der Waals surface area (Å²) in [5, 5.41) is 3.05. The van der Waals surface area contributed by atoms with Gasteiger partial charge in [-0.1, -0.05) is 12.8 Å². The molecule has 1 amide bonds. The molecular weight excluding hydrogens is 308 g/mol. The van der Waals surface area contributed by atoms with Gasteiger partial charge in [0, 0.05) is 18.7 Å². The molecule has 1 fully saturated rings. The van der Waals surface area contributed by atoms with Crippen LogP contribution in [0.2, 0.25) is 0 Å². The molecule has 0 saturated heterocycles. The van der Waals surface area contributed by atoms with Crippen LogP contribution < -0.4 is 22.2 Å². The maximum absolute atomic E-state index is 12.6. The highest BCUT2D eigenvalue weighted by Gasteiger charge is 2.34. The molecule has 1 heterocycles. The number of amides is 1. The normalized spacial score (nSPS) is 16.4. The largest absolute Gasteiger partial charge is 0.345 e. The molecule has 1 aromatic carbocycles. The Morgan fingerprint density at radius 2 is 2.04 bits per heavy atom.